The van der Waals surface area contributed by atoms with E-state index in [1.165, 1.54) is 23.5 Å². The summed E-state index contributed by atoms with van der Waals surface area (Å²) in [6.07, 6.45) is 4.17. The molecule has 39 heavy (non-hydrogen) atoms. The number of nitrogens with zero attached hydrogens (tertiary/aromatic N) is 4. The van der Waals surface area contributed by atoms with Crippen molar-refractivity contribution in [3.8, 4) is 5.75 Å². The number of hydrogen-bond donors (Lipinski definition) is 0. The van der Waals surface area contributed by atoms with E-state index in [0.717, 1.165) is 43.3 Å². The first-order valence-electron chi connectivity index (χ1n) is 13.3. The van der Waals surface area contributed by atoms with Crippen molar-refractivity contribution in [2.75, 3.05) is 52.3 Å². The van der Waals surface area contributed by atoms with Crippen molar-refractivity contribution in [2.24, 2.45) is 0 Å². The van der Waals surface area contributed by atoms with Gasteiger partial charge in [0.1, 0.15) is 11.3 Å². The summed E-state index contributed by atoms with van der Waals surface area (Å²) >= 11 is 7.78. The van der Waals surface area contributed by atoms with Crippen LogP contribution in [0.4, 0.5) is 5.13 Å². The average molecular weight is 595 g/mol. The van der Waals surface area contributed by atoms with Crippen LogP contribution in [0.5, 0.6) is 5.75 Å². The number of carbonyl (C=O) groups is 1. The van der Waals surface area contributed by atoms with Crippen molar-refractivity contribution in [1.82, 2.24) is 14.2 Å². The van der Waals surface area contributed by atoms with Gasteiger partial charge in [-0.05, 0) is 76.3 Å². The molecule has 3 rings (SSSR count). The number of rotatable bonds is 15. The second-order valence-electron chi connectivity index (χ2n) is 9.67. The summed E-state index contributed by atoms with van der Waals surface area (Å²) in [7, 11) is 1.89. The second-order valence-corrected chi connectivity index (χ2v) is 13.0. The third-order valence-electron chi connectivity index (χ3n) is 6.39. The maximum atomic E-state index is 13.8. The Hall–Kier alpha value is -2.24. The molecule has 0 atom stereocenters. The molecule has 0 aliphatic rings. The molecule has 1 amide bonds. The molecule has 1 heterocycles. The zero-order chi connectivity index (χ0) is 28.6. The number of halogens is 1. The molecule has 3 aromatic rings. The first kappa shape index (κ1) is 31.3. The number of anilines is 1. The Kier molecular flexibility index (Phi) is 11.6. The molecule has 0 spiro atoms. The number of amides is 1. The lowest BCUT2D eigenvalue weighted by Gasteiger charge is -2.23. The van der Waals surface area contributed by atoms with Crippen molar-refractivity contribution in [3.05, 3.63) is 47.0 Å². The van der Waals surface area contributed by atoms with Gasteiger partial charge in [-0.3, -0.25) is 9.69 Å². The fraction of sp³-hybridized carbons (Fsp3) is 0.500. The van der Waals surface area contributed by atoms with Crippen molar-refractivity contribution < 1.29 is 17.9 Å². The number of benzene rings is 2. The van der Waals surface area contributed by atoms with Gasteiger partial charge in [0, 0.05) is 25.2 Å². The number of carbonyl (C=O) groups excluding carboxylic acids is 1. The molecule has 0 bridgehead atoms. The molecule has 2 aromatic carbocycles. The van der Waals surface area contributed by atoms with Gasteiger partial charge in [0.25, 0.3) is 5.91 Å². The lowest BCUT2D eigenvalue weighted by atomic mass is 10.2. The Balaban J connectivity index is 1.93. The molecule has 0 N–H and O–H groups in total. The second kappa shape index (κ2) is 14.4. The molecule has 0 fully saturated rings. The normalized spacial score (nSPS) is 12.0. The zero-order valence-electron chi connectivity index (χ0n) is 23.4. The summed E-state index contributed by atoms with van der Waals surface area (Å²) < 4.78 is 34.5. The van der Waals surface area contributed by atoms with Crippen LogP contribution in [0.2, 0.25) is 5.02 Å². The first-order valence-corrected chi connectivity index (χ1v) is 16.0. The zero-order valence-corrected chi connectivity index (χ0v) is 25.8. The van der Waals surface area contributed by atoms with Gasteiger partial charge in [-0.1, -0.05) is 49.6 Å². The summed E-state index contributed by atoms with van der Waals surface area (Å²) in [6.45, 7) is 6.31. The number of aromatic nitrogens is 1. The quantitative estimate of drug-likeness (QED) is 0.210. The van der Waals surface area contributed by atoms with Gasteiger partial charge in [0.15, 0.2) is 5.13 Å². The highest BCUT2D eigenvalue weighted by Gasteiger charge is 2.26. The van der Waals surface area contributed by atoms with Crippen LogP contribution < -0.4 is 9.64 Å². The Morgan fingerprint density at radius 3 is 2.15 bits per heavy atom. The molecule has 0 aliphatic carbocycles. The topological polar surface area (TPSA) is 83.1 Å². The smallest absolute Gasteiger partial charge is 0.260 e. The monoisotopic (exact) mass is 594 g/mol. The highest BCUT2D eigenvalue weighted by atomic mass is 35.5. The molecule has 0 saturated carbocycles. The number of methoxy groups -OCH3 is 1. The Bertz CT molecular complexity index is 1340. The van der Waals surface area contributed by atoms with Crippen LogP contribution in [0, 0.1) is 0 Å². The average Bonchev–Trinajstić information content (AvgIpc) is 3.37. The van der Waals surface area contributed by atoms with Gasteiger partial charge in [-0.2, -0.15) is 4.31 Å². The van der Waals surface area contributed by atoms with Gasteiger partial charge in [-0.25, -0.2) is 13.4 Å². The summed E-state index contributed by atoms with van der Waals surface area (Å²) in [6, 6.07) is 9.76. The highest BCUT2D eigenvalue weighted by Crippen LogP contribution is 2.39. The predicted octanol–water partition coefficient (Wildman–Crippen LogP) is 6.15. The number of ether oxygens (including phenoxy) is 1. The predicted molar refractivity (Wildman–Crippen MR) is 161 cm³/mol. The lowest BCUT2D eigenvalue weighted by molar-refractivity contribution is 0.0986. The maximum absolute atomic E-state index is 13.8. The van der Waals surface area contributed by atoms with E-state index < -0.39 is 10.0 Å². The van der Waals surface area contributed by atoms with Gasteiger partial charge in [-0.15, -0.1) is 0 Å². The van der Waals surface area contributed by atoms with Crippen molar-refractivity contribution in [2.45, 2.75) is 50.8 Å². The third kappa shape index (κ3) is 7.70. The number of unbranched alkanes of at least 4 members (excludes halogenated alkanes) is 2. The van der Waals surface area contributed by atoms with E-state index >= 15 is 0 Å². The van der Waals surface area contributed by atoms with Gasteiger partial charge < -0.3 is 9.64 Å². The summed E-state index contributed by atoms with van der Waals surface area (Å²) in [5.74, 6) is 0.337. The van der Waals surface area contributed by atoms with E-state index in [9.17, 15) is 13.2 Å². The first-order chi connectivity index (χ1) is 18.6. The van der Waals surface area contributed by atoms with Crippen LogP contribution in [-0.4, -0.2) is 75.9 Å². The number of thiazole rings is 1. The third-order valence-corrected chi connectivity index (χ3v) is 9.84. The minimum atomic E-state index is -3.65. The SMILES string of the molecule is CCCCN(CCCC)S(=O)(=O)c1ccc(C(=O)N(CCCN(C)C)c2nc3c(OC)ccc(Cl)c3s2)cc1. The molecule has 11 heteroatoms. The van der Waals surface area contributed by atoms with Crippen LogP contribution in [-0.2, 0) is 10.0 Å². The lowest BCUT2D eigenvalue weighted by Crippen LogP contribution is -2.34. The van der Waals surface area contributed by atoms with E-state index in [1.807, 2.05) is 27.9 Å². The van der Waals surface area contributed by atoms with Crippen LogP contribution in [0.15, 0.2) is 41.3 Å². The molecule has 0 aliphatic heterocycles. The van der Waals surface area contributed by atoms with Crippen molar-refractivity contribution >= 4 is 54.2 Å². The molecular formula is C28H39ClN4O4S2. The van der Waals surface area contributed by atoms with E-state index in [0.29, 0.717) is 46.6 Å². The molecule has 214 valence electrons. The molecule has 0 saturated heterocycles. The van der Waals surface area contributed by atoms with Crippen LogP contribution in [0.3, 0.4) is 0 Å². The number of fused-ring (bicyclic) bond motifs is 1. The van der Waals surface area contributed by atoms with E-state index in [4.69, 9.17) is 21.3 Å². The summed E-state index contributed by atoms with van der Waals surface area (Å²) in [5, 5.41) is 1.06. The highest BCUT2D eigenvalue weighted by molar-refractivity contribution is 7.89. The van der Waals surface area contributed by atoms with Crippen LogP contribution >= 0.6 is 22.9 Å². The molecule has 0 unspecified atom stereocenters. The fourth-order valence-corrected chi connectivity index (χ4v) is 6.94. The summed E-state index contributed by atoms with van der Waals surface area (Å²) in [5.41, 5.74) is 1.00. The molecule has 0 radical (unpaired) electrons. The van der Waals surface area contributed by atoms with Crippen LogP contribution in [0.25, 0.3) is 10.2 Å². The number of sulfonamides is 1. The minimum Gasteiger partial charge on any atom is -0.494 e. The van der Waals surface area contributed by atoms with Crippen molar-refractivity contribution in [3.63, 3.8) is 0 Å². The van der Waals surface area contributed by atoms with E-state index in [1.54, 1.807) is 40.6 Å². The number of hydrogen-bond acceptors (Lipinski definition) is 7. The van der Waals surface area contributed by atoms with E-state index in [2.05, 4.69) is 4.90 Å². The van der Waals surface area contributed by atoms with Gasteiger partial charge in [0.2, 0.25) is 10.0 Å². The minimum absolute atomic E-state index is 0.196. The van der Waals surface area contributed by atoms with Gasteiger partial charge in [0.05, 0.1) is 21.7 Å². The molecule has 8 nitrogen and oxygen atoms in total. The standard InChI is InChI=1S/C28H39ClN4O4S2/c1-6-8-18-32(19-9-7-2)39(35,36)22-13-11-21(12-14-22)27(34)33(20-10-17-31(3)4)28-30-25-24(37-5)16-15-23(29)26(25)38-28/h11-16H,6-10,17-20H2,1-5H3. The Labute approximate surface area is 241 Å². The largest absolute Gasteiger partial charge is 0.494 e. The molecular weight excluding hydrogens is 556 g/mol. The van der Waals surface area contributed by atoms with Gasteiger partial charge >= 0.3 is 0 Å². The molecule has 1 aromatic heterocycles. The van der Waals surface area contributed by atoms with E-state index in [-0.39, 0.29) is 10.8 Å². The Morgan fingerprint density at radius 1 is 0.949 bits per heavy atom. The summed E-state index contributed by atoms with van der Waals surface area (Å²) in [4.78, 5) is 22.4. The van der Waals surface area contributed by atoms with Crippen molar-refractivity contribution in [1.29, 1.82) is 0 Å². The Morgan fingerprint density at radius 2 is 1.59 bits per heavy atom. The fourth-order valence-electron chi connectivity index (χ4n) is 4.15. The maximum Gasteiger partial charge on any atom is 0.260 e. The van der Waals surface area contributed by atoms with Crippen LogP contribution in [0.1, 0.15) is 56.3 Å².